The standard InChI is InChI=1S/C14H18BrNO3/c1-16(8-10-6-11(10)14(17)18)7-9-3-4-13(19-2)12(15)5-9/h3-5,10-11H,6-8H2,1-2H3,(H,17,18). The summed E-state index contributed by atoms with van der Waals surface area (Å²) in [6.45, 7) is 1.64. The molecule has 19 heavy (non-hydrogen) atoms. The Morgan fingerprint density at radius 3 is 2.84 bits per heavy atom. The van der Waals surface area contributed by atoms with Crippen molar-refractivity contribution in [2.45, 2.75) is 13.0 Å². The Kier molecular flexibility index (Phi) is 4.47. The Balaban J connectivity index is 1.87. The third-order valence-electron chi connectivity index (χ3n) is 3.45. The lowest BCUT2D eigenvalue weighted by Crippen LogP contribution is -2.21. The van der Waals surface area contributed by atoms with Crippen LogP contribution >= 0.6 is 15.9 Å². The third-order valence-corrected chi connectivity index (χ3v) is 4.07. The Hall–Kier alpha value is -1.07. The van der Waals surface area contributed by atoms with Crippen LogP contribution in [-0.4, -0.2) is 36.7 Å². The molecule has 0 saturated heterocycles. The van der Waals surface area contributed by atoms with Crippen molar-refractivity contribution in [3.63, 3.8) is 0 Å². The highest BCUT2D eigenvalue weighted by Gasteiger charge is 2.43. The van der Waals surface area contributed by atoms with Gasteiger partial charge in [-0.25, -0.2) is 0 Å². The fraction of sp³-hybridized carbons (Fsp3) is 0.500. The highest BCUT2D eigenvalue weighted by molar-refractivity contribution is 9.10. The molecule has 0 amide bonds. The molecule has 0 aliphatic heterocycles. The number of benzene rings is 1. The van der Waals surface area contributed by atoms with Gasteiger partial charge in [0.1, 0.15) is 5.75 Å². The number of carboxylic acids is 1. The van der Waals surface area contributed by atoms with Gasteiger partial charge in [0.15, 0.2) is 0 Å². The van der Waals surface area contributed by atoms with E-state index in [1.165, 1.54) is 5.56 Å². The number of hydrogen-bond donors (Lipinski definition) is 1. The van der Waals surface area contributed by atoms with E-state index < -0.39 is 5.97 Å². The van der Waals surface area contributed by atoms with E-state index in [1.807, 2.05) is 25.2 Å². The average Bonchev–Trinajstić information content (AvgIpc) is 3.08. The summed E-state index contributed by atoms with van der Waals surface area (Å²) in [7, 11) is 3.67. The minimum atomic E-state index is -0.661. The van der Waals surface area contributed by atoms with Crippen molar-refractivity contribution in [1.82, 2.24) is 4.90 Å². The Morgan fingerprint density at radius 2 is 2.32 bits per heavy atom. The van der Waals surface area contributed by atoms with Gasteiger partial charge >= 0.3 is 5.97 Å². The maximum atomic E-state index is 10.8. The summed E-state index contributed by atoms with van der Waals surface area (Å²) in [4.78, 5) is 13.0. The van der Waals surface area contributed by atoms with Crippen LogP contribution in [0.2, 0.25) is 0 Å². The first-order valence-corrected chi connectivity index (χ1v) is 7.04. The maximum absolute atomic E-state index is 10.8. The molecule has 1 aromatic carbocycles. The normalized spacial score (nSPS) is 21.5. The molecule has 0 spiro atoms. The number of aliphatic carboxylic acids is 1. The molecule has 1 aromatic rings. The molecular weight excluding hydrogens is 310 g/mol. The molecule has 1 N–H and O–H groups in total. The zero-order chi connectivity index (χ0) is 14.0. The van der Waals surface area contributed by atoms with Crippen LogP contribution in [0.1, 0.15) is 12.0 Å². The largest absolute Gasteiger partial charge is 0.496 e. The van der Waals surface area contributed by atoms with E-state index in [-0.39, 0.29) is 5.92 Å². The fourth-order valence-corrected chi connectivity index (χ4v) is 2.92. The topological polar surface area (TPSA) is 49.8 Å². The van der Waals surface area contributed by atoms with E-state index in [2.05, 4.69) is 20.8 Å². The molecule has 1 saturated carbocycles. The van der Waals surface area contributed by atoms with Crippen LogP contribution in [0.5, 0.6) is 5.75 Å². The summed E-state index contributed by atoms with van der Waals surface area (Å²) in [6, 6.07) is 6.00. The predicted molar refractivity (Wildman–Crippen MR) is 76.3 cm³/mol. The number of hydrogen-bond acceptors (Lipinski definition) is 3. The number of carboxylic acid groups (broad SMARTS) is 1. The number of carbonyl (C=O) groups is 1. The lowest BCUT2D eigenvalue weighted by Gasteiger charge is -2.17. The monoisotopic (exact) mass is 327 g/mol. The zero-order valence-corrected chi connectivity index (χ0v) is 12.7. The van der Waals surface area contributed by atoms with Gasteiger partial charge in [0.2, 0.25) is 0 Å². The van der Waals surface area contributed by atoms with Gasteiger partial charge in [0, 0.05) is 13.1 Å². The van der Waals surface area contributed by atoms with Gasteiger partial charge in [-0.2, -0.15) is 0 Å². The third kappa shape index (κ3) is 3.70. The van der Waals surface area contributed by atoms with Crippen LogP contribution in [0.3, 0.4) is 0 Å². The Bertz CT molecular complexity index is 478. The molecule has 1 aliphatic rings. The molecule has 0 bridgehead atoms. The van der Waals surface area contributed by atoms with Crippen LogP contribution in [0.15, 0.2) is 22.7 Å². The smallest absolute Gasteiger partial charge is 0.306 e. The second-order valence-electron chi connectivity index (χ2n) is 5.11. The predicted octanol–water partition coefficient (Wildman–Crippen LogP) is 2.61. The van der Waals surface area contributed by atoms with Gasteiger partial charge in [0.05, 0.1) is 17.5 Å². The van der Waals surface area contributed by atoms with E-state index in [4.69, 9.17) is 9.84 Å². The first-order chi connectivity index (χ1) is 9.01. The van der Waals surface area contributed by atoms with Gasteiger partial charge in [0.25, 0.3) is 0 Å². The van der Waals surface area contributed by atoms with Crippen molar-refractivity contribution in [2.24, 2.45) is 11.8 Å². The molecule has 4 nitrogen and oxygen atoms in total. The van der Waals surface area contributed by atoms with Gasteiger partial charge in [-0.15, -0.1) is 0 Å². The van der Waals surface area contributed by atoms with Crippen molar-refractivity contribution in [2.75, 3.05) is 20.7 Å². The summed E-state index contributed by atoms with van der Waals surface area (Å²) in [5.74, 6) is 0.333. The summed E-state index contributed by atoms with van der Waals surface area (Å²) >= 11 is 3.47. The first kappa shape index (κ1) is 14.3. The maximum Gasteiger partial charge on any atom is 0.306 e. The lowest BCUT2D eigenvalue weighted by atomic mass is 10.2. The van der Waals surface area contributed by atoms with Crippen molar-refractivity contribution >= 4 is 21.9 Å². The van der Waals surface area contributed by atoms with Crippen LogP contribution < -0.4 is 4.74 Å². The van der Waals surface area contributed by atoms with E-state index in [0.29, 0.717) is 5.92 Å². The summed E-state index contributed by atoms with van der Waals surface area (Å²) in [5.41, 5.74) is 1.18. The number of methoxy groups -OCH3 is 1. The molecule has 1 aliphatic carbocycles. The summed E-state index contributed by atoms with van der Waals surface area (Å²) in [6.07, 6.45) is 0.811. The number of ether oxygens (including phenoxy) is 1. The SMILES string of the molecule is COc1ccc(CN(C)CC2CC2C(=O)O)cc1Br. The molecule has 5 heteroatoms. The molecule has 2 unspecified atom stereocenters. The van der Waals surface area contributed by atoms with Gasteiger partial charge in [-0.1, -0.05) is 6.07 Å². The van der Waals surface area contributed by atoms with Gasteiger partial charge in [-0.05, 0) is 53.0 Å². The van der Waals surface area contributed by atoms with Crippen molar-refractivity contribution in [1.29, 1.82) is 0 Å². The Morgan fingerprint density at radius 1 is 1.58 bits per heavy atom. The zero-order valence-electron chi connectivity index (χ0n) is 11.1. The first-order valence-electron chi connectivity index (χ1n) is 6.25. The molecule has 0 heterocycles. The highest BCUT2D eigenvalue weighted by atomic mass is 79.9. The number of halogens is 1. The molecule has 104 valence electrons. The minimum Gasteiger partial charge on any atom is -0.496 e. The fourth-order valence-electron chi connectivity index (χ4n) is 2.34. The van der Waals surface area contributed by atoms with Crippen molar-refractivity contribution < 1.29 is 14.6 Å². The van der Waals surface area contributed by atoms with Crippen LogP contribution in [0, 0.1) is 11.8 Å². The molecule has 2 atom stereocenters. The quantitative estimate of drug-likeness (QED) is 0.872. The average molecular weight is 328 g/mol. The molecule has 0 radical (unpaired) electrons. The highest BCUT2D eigenvalue weighted by Crippen LogP contribution is 2.39. The molecule has 0 aromatic heterocycles. The number of rotatable bonds is 6. The molecule has 2 rings (SSSR count). The summed E-state index contributed by atoms with van der Waals surface area (Å²) < 4.78 is 6.13. The van der Waals surface area contributed by atoms with Gasteiger partial charge in [-0.3, -0.25) is 4.79 Å². The number of nitrogens with zero attached hydrogens (tertiary/aromatic N) is 1. The van der Waals surface area contributed by atoms with E-state index in [9.17, 15) is 4.79 Å². The van der Waals surface area contributed by atoms with E-state index >= 15 is 0 Å². The van der Waals surface area contributed by atoms with Crippen LogP contribution in [0.25, 0.3) is 0 Å². The van der Waals surface area contributed by atoms with Crippen molar-refractivity contribution in [3.8, 4) is 5.75 Å². The summed E-state index contributed by atoms with van der Waals surface area (Å²) in [5, 5.41) is 8.88. The van der Waals surface area contributed by atoms with Crippen molar-refractivity contribution in [3.05, 3.63) is 28.2 Å². The van der Waals surface area contributed by atoms with Crippen LogP contribution in [0.4, 0.5) is 0 Å². The minimum absolute atomic E-state index is 0.134. The lowest BCUT2D eigenvalue weighted by molar-refractivity contribution is -0.138. The molecular formula is C14H18BrNO3. The van der Waals surface area contributed by atoms with E-state index in [1.54, 1.807) is 7.11 Å². The van der Waals surface area contributed by atoms with E-state index in [0.717, 1.165) is 29.7 Å². The Labute approximate surface area is 121 Å². The second-order valence-corrected chi connectivity index (χ2v) is 5.96. The second kappa shape index (κ2) is 5.92. The van der Waals surface area contributed by atoms with Gasteiger partial charge < -0.3 is 14.7 Å². The van der Waals surface area contributed by atoms with Crippen LogP contribution in [-0.2, 0) is 11.3 Å². The molecule has 1 fully saturated rings.